The van der Waals surface area contributed by atoms with Crippen LogP contribution >= 0.6 is 0 Å². The minimum Gasteiger partial charge on any atom is -0.469 e. The van der Waals surface area contributed by atoms with Gasteiger partial charge in [0.1, 0.15) is 12.1 Å². The Balaban J connectivity index is 1.51. The molecule has 0 aromatic carbocycles. The molecule has 124 valence electrons. The first-order valence-corrected chi connectivity index (χ1v) is 7.97. The molecule has 0 radical (unpaired) electrons. The lowest BCUT2D eigenvalue weighted by molar-refractivity contribution is -0.117. The number of nitrogens with zero attached hydrogens (tertiary/aromatic N) is 4. The van der Waals surface area contributed by atoms with E-state index in [-0.39, 0.29) is 17.2 Å². The van der Waals surface area contributed by atoms with Gasteiger partial charge in [-0.05, 0) is 19.4 Å². The Kier molecular flexibility index (Phi) is 3.37. The number of amides is 2. The Labute approximate surface area is 139 Å². The van der Waals surface area contributed by atoms with Gasteiger partial charge in [0, 0.05) is 31.5 Å². The molecule has 2 aliphatic heterocycles. The van der Waals surface area contributed by atoms with Crippen LogP contribution in [0.25, 0.3) is 0 Å². The summed E-state index contributed by atoms with van der Waals surface area (Å²) >= 11 is 0. The molecule has 2 aliphatic rings. The molecule has 0 N–H and O–H groups in total. The summed E-state index contributed by atoms with van der Waals surface area (Å²) in [5, 5.41) is 0. The van der Waals surface area contributed by atoms with Gasteiger partial charge < -0.3 is 14.2 Å². The van der Waals surface area contributed by atoms with Crippen molar-refractivity contribution in [3.05, 3.63) is 42.4 Å². The standard InChI is InChI=1S/C17H18N4O3/c1-12-14(2-5-24-12)16(23)20-4-3-17(9-20)6-15(22)21(10-17)13-7-18-11-19-8-13/h2,5,7-8,11H,3-4,6,9-10H2,1H3/t17-/m0/s1. The number of carbonyl (C=O) groups is 2. The van der Waals surface area contributed by atoms with Crippen molar-refractivity contribution >= 4 is 17.5 Å². The summed E-state index contributed by atoms with van der Waals surface area (Å²) in [7, 11) is 0. The van der Waals surface area contributed by atoms with E-state index in [1.54, 1.807) is 30.3 Å². The number of aryl methyl sites for hydroxylation is 1. The van der Waals surface area contributed by atoms with Crippen LogP contribution in [0.15, 0.2) is 35.5 Å². The van der Waals surface area contributed by atoms with E-state index in [0.717, 1.165) is 12.1 Å². The fourth-order valence-corrected chi connectivity index (χ4v) is 3.72. The second-order valence-electron chi connectivity index (χ2n) is 6.62. The van der Waals surface area contributed by atoms with Crippen LogP contribution in [0.2, 0.25) is 0 Å². The second kappa shape index (κ2) is 5.43. The molecule has 4 heterocycles. The van der Waals surface area contributed by atoms with Gasteiger partial charge in [0.25, 0.3) is 5.91 Å². The van der Waals surface area contributed by atoms with Gasteiger partial charge in [0.05, 0.1) is 29.9 Å². The lowest BCUT2D eigenvalue weighted by Gasteiger charge is -2.24. The van der Waals surface area contributed by atoms with E-state index in [1.165, 1.54) is 12.6 Å². The zero-order valence-electron chi connectivity index (χ0n) is 13.4. The third kappa shape index (κ3) is 2.36. The van der Waals surface area contributed by atoms with Gasteiger partial charge in [-0.25, -0.2) is 9.97 Å². The largest absolute Gasteiger partial charge is 0.469 e. The highest BCUT2D eigenvalue weighted by Gasteiger charge is 2.49. The third-order valence-electron chi connectivity index (χ3n) is 4.99. The lowest BCUT2D eigenvalue weighted by atomic mass is 9.86. The van der Waals surface area contributed by atoms with Crippen molar-refractivity contribution in [3.63, 3.8) is 0 Å². The summed E-state index contributed by atoms with van der Waals surface area (Å²) in [4.78, 5) is 36.6. The normalized spacial score (nSPS) is 23.5. The zero-order chi connectivity index (χ0) is 16.7. The van der Waals surface area contributed by atoms with Crippen LogP contribution in [-0.4, -0.2) is 46.3 Å². The molecule has 2 aromatic heterocycles. The average Bonchev–Trinajstić information content (AvgIpc) is 3.28. The van der Waals surface area contributed by atoms with Crippen molar-refractivity contribution in [2.45, 2.75) is 19.8 Å². The number of rotatable bonds is 2. The summed E-state index contributed by atoms with van der Waals surface area (Å²) < 4.78 is 5.23. The highest BCUT2D eigenvalue weighted by molar-refractivity contribution is 5.97. The molecule has 2 amide bonds. The quantitative estimate of drug-likeness (QED) is 0.838. The Hall–Kier alpha value is -2.70. The molecule has 2 aromatic rings. The maximum Gasteiger partial charge on any atom is 0.257 e. The number of anilines is 1. The van der Waals surface area contributed by atoms with Gasteiger partial charge in [0.15, 0.2) is 0 Å². The van der Waals surface area contributed by atoms with E-state index in [0.29, 0.717) is 37.4 Å². The van der Waals surface area contributed by atoms with Crippen molar-refractivity contribution in [3.8, 4) is 0 Å². The fourth-order valence-electron chi connectivity index (χ4n) is 3.72. The monoisotopic (exact) mass is 326 g/mol. The van der Waals surface area contributed by atoms with E-state index in [2.05, 4.69) is 9.97 Å². The van der Waals surface area contributed by atoms with E-state index in [4.69, 9.17) is 4.42 Å². The van der Waals surface area contributed by atoms with Crippen LogP contribution in [0.3, 0.4) is 0 Å². The number of furan rings is 1. The number of likely N-dealkylation sites (tertiary alicyclic amines) is 1. The molecule has 4 rings (SSSR count). The van der Waals surface area contributed by atoms with Crippen LogP contribution in [0.1, 0.15) is 29.0 Å². The van der Waals surface area contributed by atoms with Gasteiger partial charge in [0.2, 0.25) is 5.91 Å². The Morgan fingerprint density at radius 1 is 1.29 bits per heavy atom. The van der Waals surface area contributed by atoms with Gasteiger partial charge in [-0.1, -0.05) is 0 Å². The van der Waals surface area contributed by atoms with Crippen molar-refractivity contribution < 1.29 is 14.0 Å². The lowest BCUT2D eigenvalue weighted by Crippen LogP contribution is -2.34. The summed E-state index contributed by atoms with van der Waals surface area (Å²) in [6.07, 6.45) is 7.56. The molecule has 24 heavy (non-hydrogen) atoms. The Bertz CT molecular complexity index is 788. The van der Waals surface area contributed by atoms with Crippen LogP contribution in [0, 0.1) is 12.3 Å². The summed E-state index contributed by atoms with van der Waals surface area (Å²) in [6.45, 7) is 3.64. The van der Waals surface area contributed by atoms with Gasteiger partial charge in [-0.2, -0.15) is 0 Å². The van der Waals surface area contributed by atoms with E-state index >= 15 is 0 Å². The van der Waals surface area contributed by atoms with Crippen LogP contribution in [-0.2, 0) is 4.79 Å². The second-order valence-corrected chi connectivity index (χ2v) is 6.62. The molecular weight excluding hydrogens is 308 g/mol. The summed E-state index contributed by atoms with van der Waals surface area (Å²) in [6, 6.07) is 1.70. The fraction of sp³-hybridized carbons (Fsp3) is 0.412. The Morgan fingerprint density at radius 3 is 2.79 bits per heavy atom. The van der Waals surface area contributed by atoms with Crippen molar-refractivity contribution in [2.24, 2.45) is 5.41 Å². The molecule has 2 saturated heterocycles. The molecule has 2 fully saturated rings. The molecule has 0 saturated carbocycles. The average molecular weight is 326 g/mol. The number of hydrogen-bond acceptors (Lipinski definition) is 5. The molecule has 0 bridgehead atoms. The molecular formula is C17H18N4O3. The number of hydrogen-bond donors (Lipinski definition) is 0. The number of aromatic nitrogens is 2. The maximum absolute atomic E-state index is 12.6. The minimum atomic E-state index is -0.180. The van der Waals surface area contributed by atoms with Gasteiger partial charge in [-0.3, -0.25) is 9.59 Å². The number of carbonyl (C=O) groups excluding carboxylic acids is 2. The van der Waals surface area contributed by atoms with Crippen LogP contribution in [0.4, 0.5) is 5.69 Å². The molecule has 1 spiro atoms. The first-order chi connectivity index (χ1) is 11.6. The minimum absolute atomic E-state index is 0.0212. The van der Waals surface area contributed by atoms with Crippen molar-refractivity contribution in [2.75, 3.05) is 24.5 Å². The highest BCUT2D eigenvalue weighted by Crippen LogP contribution is 2.42. The summed E-state index contributed by atoms with van der Waals surface area (Å²) in [5.74, 6) is 0.678. The SMILES string of the molecule is Cc1occc1C(=O)N1CC[C@]2(CC(=O)N(c3cncnc3)C2)C1. The van der Waals surface area contributed by atoms with Crippen LogP contribution < -0.4 is 4.90 Å². The zero-order valence-corrected chi connectivity index (χ0v) is 13.4. The first kappa shape index (κ1) is 14.9. The molecule has 0 unspecified atom stereocenters. The molecule has 7 heteroatoms. The van der Waals surface area contributed by atoms with E-state index in [1.807, 2.05) is 4.90 Å². The predicted molar refractivity (Wildman–Crippen MR) is 85.4 cm³/mol. The molecule has 7 nitrogen and oxygen atoms in total. The topological polar surface area (TPSA) is 79.5 Å². The van der Waals surface area contributed by atoms with Crippen molar-refractivity contribution in [1.82, 2.24) is 14.9 Å². The Morgan fingerprint density at radius 2 is 2.08 bits per heavy atom. The van der Waals surface area contributed by atoms with E-state index < -0.39 is 0 Å². The maximum atomic E-state index is 12.6. The molecule has 1 atom stereocenters. The molecule has 0 aliphatic carbocycles. The first-order valence-electron chi connectivity index (χ1n) is 7.97. The van der Waals surface area contributed by atoms with Gasteiger partial charge in [-0.15, -0.1) is 0 Å². The van der Waals surface area contributed by atoms with Crippen molar-refractivity contribution in [1.29, 1.82) is 0 Å². The summed E-state index contributed by atoms with van der Waals surface area (Å²) in [5.41, 5.74) is 1.14. The van der Waals surface area contributed by atoms with E-state index in [9.17, 15) is 9.59 Å². The van der Waals surface area contributed by atoms with Crippen LogP contribution in [0.5, 0.6) is 0 Å². The predicted octanol–water partition coefficient (Wildman–Crippen LogP) is 1.65. The van der Waals surface area contributed by atoms with Gasteiger partial charge >= 0.3 is 0 Å². The smallest absolute Gasteiger partial charge is 0.257 e. The highest BCUT2D eigenvalue weighted by atomic mass is 16.3. The third-order valence-corrected chi connectivity index (χ3v) is 4.99.